The number of aromatic nitrogens is 1. The molecule has 1 aromatic carbocycles. The summed E-state index contributed by atoms with van der Waals surface area (Å²) >= 11 is 0. The molecule has 0 aliphatic rings. The summed E-state index contributed by atoms with van der Waals surface area (Å²) < 4.78 is 5.23. The van der Waals surface area contributed by atoms with Gasteiger partial charge in [0.1, 0.15) is 17.6 Å². The topological polar surface area (TPSA) is 62.7 Å². The maximum atomic E-state index is 11.3. The Hall–Kier alpha value is -2.30. The van der Waals surface area contributed by atoms with Crippen LogP contribution < -0.4 is 9.64 Å². The minimum Gasteiger partial charge on any atom is -0.497 e. The molecule has 0 amide bonds. The van der Waals surface area contributed by atoms with E-state index in [9.17, 15) is 9.90 Å². The van der Waals surface area contributed by atoms with Crippen molar-refractivity contribution in [3.05, 3.63) is 30.5 Å². The van der Waals surface area contributed by atoms with E-state index in [0.29, 0.717) is 12.2 Å². The fourth-order valence-corrected chi connectivity index (χ4v) is 2.30. The highest BCUT2D eigenvalue weighted by Gasteiger charge is 2.23. The molecule has 0 saturated carbocycles. The van der Waals surface area contributed by atoms with Gasteiger partial charge in [-0.1, -0.05) is 13.0 Å². The van der Waals surface area contributed by atoms with Crippen LogP contribution in [0.4, 0.5) is 5.82 Å². The summed E-state index contributed by atoms with van der Waals surface area (Å²) in [5, 5.41) is 11.2. The highest BCUT2D eigenvalue weighted by molar-refractivity contribution is 5.94. The molecular weight excluding hydrogens is 256 g/mol. The predicted molar refractivity (Wildman–Crippen MR) is 78.4 cm³/mol. The quantitative estimate of drug-likeness (QED) is 0.907. The van der Waals surface area contributed by atoms with Crippen LogP contribution in [0, 0.1) is 0 Å². The zero-order valence-electron chi connectivity index (χ0n) is 11.8. The second kappa shape index (κ2) is 5.77. The number of benzene rings is 1. The Morgan fingerprint density at radius 1 is 1.45 bits per heavy atom. The number of methoxy groups -OCH3 is 1. The van der Waals surface area contributed by atoms with Crippen LogP contribution >= 0.6 is 0 Å². The number of rotatable bonds is 5. The molecule has 106 valence electrons. The molecule has 0 fully saturated rings. The molecule has 20 heavy (non-hydrogen) atoms. The van der Waals surface area contributed by atoms with Gasteiger partial charge in [-0.25, -0.2) is 9.78 Å². The predicted octanol–water partition coefficient (Wildman–Crippen LogP) is 2.54. The van der Waals surface area contributed by atoms with Gasteiger partial charge in [0.2, 0.25) is 0 Å². The molecule has 1 heterocycles. The zero-order chi connectivity index (χ0) is 14.7. The zero-order valence-corrected chi connectivity index (χ0v) is 11.8. The minimum atomic E-state index is -0.850. The summed E-state index contributed by atoms with van der Waals surface area (Å²) in [5.41, 5.74) is 0. The molecule has 0 radical (unpaired) electrons. The van der Waals surface area contributed by atoms with Gasteiger partial charge in [-0.3, -0.25) is 0 Å². The Bertz CT molecular complexity index is 628. The van der Waals surface area contributed by atoms with Crippen molar-refractivity contribution in [3.8, 4) is 5.75 Å². The van der Waals surface area contributed by atoms with E-state index in [1.807, 2.05) is 31.2 Å². The van der Waals surface area contributed by atoms with Gasteiger partial charge in [-0.15, -0.1) is 0 Å². The van der Waals surface area contributed by atoms with E-state index in [1.54, 1.807) is 25.3 Å². The Morgan fingerprint density at radius 3 is 2.80 bits per heavy atom. The molecule has 1 aromatic heterocycles. The number of ether oxygens (including phenoxy) is 1. The van der Waals surface area contributed by atoms with Crippen molar-refractivity contribution in [3.63, 3.8) is 0 Å². The van der Waals surface area contributed by atoms with Crippen LogP contribution in [-0.4, -0.2) is 36.3 Å². The van der Waals surface area contributed by atoms with Crippen molar-refractivity contribution < 1.29 is 14.6 Å². The molecule has 0 aliphatic carbocycles. The molecule has 0 spiro atoms. The van der Waals surface area contributed by atoms with Gasteiger partial charge in [0.25, 0.3) is 0 Å². The average Bonchev–Trinajstić information content (AvgIpc) is 2.46. The highest BCUT2D eigenvalue weighted by atomic mass is 16.5. The first-order valence-corrected chi connectivity index (χ1v) is 6.47. The Balaban J connectivity index is 2.55. The van der Waals surface area contributed by atoms with Gasteiger partial charge in [0.05, 0.1) is 7.11 Å². The SMILES string of the molecule is CCC(C(=O)O)N(C)c1nccc2ccc(OC)cc12. The lowest BCUT2D eigenvalue weighted by molar-refractivity contribution is -0.138. The molecular formula is C15H18N2O3. The lowest BCUT2D eigenvalue weighted by Gasteiger charge is -2.26. The number of anilines is 1. The monoisotopic (exact) mass is 274 g/mol. The first kappa shape index (κ1) is 14.1. The van der Waals surface area contributed by atoms with Gasteiger partial charge in [-0.2, -0.15) is 0 Å². The van der Waals surface area contributed by atoms with Gasteiger partial charge in [-0.05, 0) is 30.0 Å². The summed E-state index contributed by atoms with van der Waals surface area (Å²) in [6, 6.07) is 6.99. The number of carboxylic acid groups (broad SMARTS) is 1. The minimum absolute atomic E-state index is 0.508. The van der Waals surface area contributed by atoms with Crippen molar-refractivity contribution in [2.24, 2.45) is 0 Å². The number of fused-ring (bicyclic) bond motifs is 1. The molecule has 5 nitrogen and oxygen atoms in total. The summed E-state index contributed by atoms with van der Waals surface area (Å²) in [6.45, 7) is 1.85. The maximum Gasteiger partial charge on any atom is 0.326 e. The lowest BCUT2D eigenvalue weighted by atomic mass is 10.1. The molecule has 1 unspecified atom stereocenters. The molecule has 2 rings (SSSR count). The summed E-state index contributed by atoms with van der Waals surface area (Å²) in [6.07, 6.45) is 2.20. The fourth-order valence-electron chi connectivity index (χ4n) is 2.30. The van der Waals surface area contributed by atoms with Gasteiger partial charge >= 0.3 is 5.97 Å². The number of hydrogen-bond donors (Lipinski definition) is 1. The van der Waals surface area contributed by atoms with Crippen LogP contribution in [-0.2, 0) is 4.79 Å². The van der Waals surface area contributed by atoms with Gasteiger partial charge in [0.15, 0.2) is 0 Å². The standard InChI is InChI=1S/C15H18N2O3/c1-4-13(15(18)19)17(2)14-12-9-11(20-3)6-5-10(12)7-8-16-14/h5-9,13H,4H2,1-3H3,(H,18,19). The average molecular weight is 274 g/mol. The Labute approximate surface area is 117 Å². The number of likely N-dealkylation sites (N-methyl/N-ethyl adjacent to an activating group) is 1. The van der Waals surface area contributed by atoms with Crippen molar-refractivity contribution in [2.45, 2.75) is 19.4 Å². The number of pyridine rings is 1. The molecule has 0 aliphatic heterocycles. The molecule has 1 atom stereocenters. The van der Waals surface area contributed by atoms with E-state index < -0.39 is 12.0 Å². The van der Waals surface area contributed by atoms with Gasteiger partial charge < -0.3 is 14.7 Å². The van der Waals surface area contributed by atoms with Crippen LogP contribution in [0.1, 0.15) is 13.3 Å². The van der Waals surface area contributed by atoms with E-state index >= 15 is 0 Å². The van der Waals surface area contributed by atoms with Crippen LogP contribution in [0.25, 0.3) is 10.8 Å². The molecule has 0 bridgehead atoms. The van der Waals surface area contributed by atoms with E-state index in [4.69, 9.17) is 4.74 Å². The summed E-state index contributed by atoms with van der Waals surface area (Å²) in [5.74, 6) is 0.524. The van der Waals surface area contributed by atoms with E-state index in [-0.39, 0.29) is 0 Å². The summed E-state index contributed by atoms with van der Waals surface area (Å²) in [4.78, 5) is 17.3. The van der Waals surface area contributed by atoms with Crippen LogP contribution in [0.3, 0.4) is 0 Å². The molecule has 2 aromatic rings. The van der Waals surface area contributed by atoms with Crippen molar-refractivity contribution in [1.29, 1.82) is 0 Å². The number of carboxylic acids is 1. The Morgan fingerprint density at radius 2 is 2.20 bits per heavy atom. The van der Waals surface area contributed by atoms with Gasteiger partial charge in [0, 0.05) is 18.6 Å². The molecule has 5 heteroatoms. The first-order valence-electron chi connectivity index (χ1n) is 6.47. The third kappa shape index (κ3) is 2.52. The number of carbonyl (C=O) groups is 1. The maximum absolute atomic E-state index is 11.3. The van der Waals surface area contributed by atoms with E-state index in [2.05, 4.69) is 4.98 Å². The summed E-state index contributed by atoms with van der Waals surface area (Å²) in [7, 11) is 3.36. The highest BCUT2D eigenvalue weighted by Crippen LogP contribution is 2.28. The largest absolute Gasteiger partial charge is 0.497 e. The number of nitrogens with zero attached hydrogens (tertiary/aromatic N) is 2. The number of aliphatic carboxylic acids is 1. The van der Waals surface area contributed by atoms with Crippen molar-refractivity contribution >= 4 is 22.6 Å². The second-order valence-corrected chi connectivity index (χ2v) is 4.59. The lowest BCUT2D eigenvalue weighted by Crippen LogP contribution is -2.38. The first-order chi connectivity index (χ1) is 9.58. The van der Waals surface area contributed by atoms with E-state index in [1.165, 1.54) is 0 Å². The van der Waals surface area contributed by atoms with Crippen molar-refractivity contribution in [1.82, 2.24) is 4.98 Å². The third-order valence-corrected chi connectivity index (χ3v) is 3.43. The third-order valence-electron chi connectivity index (χ3n) is 3.43. The van der Waals surface area contributed by atoms with E-state index in [0.717, 1.165) is 16.5 Å². The van der Waals surface area contributed by atoms with Crippen LogP contribution in [0.15, 0.2) is 30.5 Å². The van der Waals surface area contributed by atoms with Crippen LogP contribution in [0.5, 0.6) is 5.75 Å². The molecule has 0 saturated heterocycles. The smallest absolute Gasteiger partial charge is 0.326 e. The molecule has 1 N–H and O–H groups in total. The fraction of sp³-hybridized carbons (Fsp3) is 0.333. The van der Waals surface area contributed by atoms with Crippen molar-refractivity contribution in [2.75, 3.05) is 19.1 Å². The second-order valence-electron chi connectivity index (χ2n) is 4.59. The Kier molecular flexibility index (Phi) is 4.08. The van der Waals surface area contributed by atoms with Crippen LogP contribution in [0.2, 0.25) is 0 Å². The number of hydrogen-bond acceptors (Lipinski definition) is 4. The normalized spacial score (nSPS) is 12.2.